The van der Waals surface area contributed by atoms with Crippen molar-refractivity contribution in [2.24, 2.45) is 4.99 Å². The van der Waals surface area contributed by atoms with Crippen LogP contribution >= 0.6 is 0 Å². The number of benzene rings is 2. The second-order valence-electron chi connectivity index (χ2n) is 7.42. The van der Waals surface area contributed by atoms with Gasteiger partial charge in [-0.25, -0.2) is 0 Å². The number of ketones is 1. The number of nitro groups is 1. The van der Waals surface area contributed by atoms with Gasteiger partial charge in [-0.2, -0.15) is 0 Å². The zero-order chi connectivity index (χ0) is 20.1. The van der Waals surface area contributed by atoms with Gasteiger partial charge in [0.2, 0.25) is 5.78 Å². The number of likely N-dealkylation sites (N-methyl/N-ethyl adjacent to an activating group) is 1. The van der Waals surface area contributed by atoms with E-state index >= 15 is 0 Å². The van der Waals surface area contributed by atoms with E-state index in [-0.39, 0.29) is 16.9 Å². The molecule has 2 aromatic carbocycles. The van der Waals surface area contributed by atoms with Crippen LogP contribution in [0, 0.1) is 10.1 Å². The van der Waals surface area contributed by atoms with Gasteiger partial charge in [0.15, 0.2) is 0 Å². The average Bonchev–Trinajstić information content (AvgIpc) is 2.87. The van der Waals surface area contributed by atoms with Crippen LogP contribution < -0.4 is 4.90 Å². The predicted octanol–water partition coefficient (Wildman–Crippen LogP) is 4.25. The van der Waals surface area contributed by atoms with E-state index in [0.717, 1.165) is 11.4 Å². The lowest BCUT2D eigenvalue weighted by molar-refractivity contribution is -0.384. The molecule has 0 saturated carbocycles. The Hall–Kier alpha value is -3.54. The molecule has 28 heavy (non-hydrogen) atoms. The molecule has 4 rings (SSSR count). The van der Waals surface area contributed by atoms with Crippen LogP contribution in [0.1, 0.15) is 30.5 Å². The highest BCUT2D eigenvalue weighted by molar-refractivity contribution is 6.52. The molecule has 0 fully saturated rings. The van der Waals surface area contributed by atoms with Crippen molar-refractivity contribution in [2.75, 3.05) is 11.9 Å². The van der Waals surface area contributed by atoms with E-state index in [2.05, 4.69) is 35.9 Å². The number of carbonyl (C=O) groups is 1. The molecule has 0 unspecified atom stereocenters. The van der Waals surface area contributed by atoms with Gasteiger partial charge in [-0.1, -0.05) is 38.1 Å². The minimum atomic E-state index is -0.448. The maximum atomic E-state index is 12.4. The molecule has 2 aromatic rings. The molecular weight excluding hydrogens is 354 g/mol. The number of nitro benzene ring substituents is 1. The smallest absolute Gasteiger partial charge is 0.270 e. The Morgan fingerprint density at radius 3 is 2.61 bits per heavy atom. The third kappa shape index (κ3) is 2.65. The van der Waals surface area contributed by atoms with Crippen LogP contribution in [0.4, 0.5) is 11.4 Å². The summed E-state index contributed by atoms with van der Waals surface area (Å²) in [6.45, 7) is 4.25. The fourth-order valence-corrected chi connectivity index (χ4v) is 3.88. The van der Waals surface area contributed by atoms with E-state index in [1.165, 1.54) is 23.8 Å². The van der Waals surface area contributed by atoms with Crippen molar-refractivity contribution in [3.63, 3.8) is 0 Å². The zero-order valence-electron chi connectivity index (χ0n) is 15.8. The fraction of sp³-hybridized carbons (Fsp3) is 0.182. The number of aliphatic imine (C=N–C) groups is 1. The Morgan fingerprint density at radius 2 is 1.89 bits per heavy atom. The molecule has 140 valence electrons. The molecule has 0 bridgehead atoms. The second kappa shape index (κ2) is 6.27. The van der Waals surface area contributed by atoms with Gasteiger partial charge in [0, 0.05) is 47.7 Å². The summed E-state index contributed by atoms with van der Waals surface area (Å²) in [4.78, 5) is 29.6. The monoisotopic (exact) mass is 373 g/mol. The Bertz CT molecular complexity index is 1110. The highest BCUT2D eigenvalue weighted by Crippen LogP contribution is 2.46. The van der Waals surface area contributed by atoms with Gasteiger partial charge in [0.25, 0.3) is 5.69 Å². The van der Waals surface area contributed by atoms with Crippen LogP contribution in [0.2, 0.25) is 0 Å². The topological polar surface area (TPSA) is 75.8 Å². The standard InChI is InChI=1S/C22H19N3O3/c1-22(2)17-6-4-5-7-18(17)24(3)20(22)13-23-21-16-10-9-15(25(27)28)12-14(16)8-11-19(21)26/h4-13H,1-3H3/b20-13+,23-21?. The number of hydrogen-bond donors (Lipinski definition) is 0. The fourth-order valence-electron chi connectivity index (χ4n) is 3.88. The normalized spacial score (nSPS) is 19.8. The van der Waals surface area contributed by atoms with Crippen molar-refractivity contribution in [1.29, 1.82) is 0 Å². The Balaban J connectivity index is 1.79. The van der Waals surface area contributed by atoms with Gasteiger partial charge >= 0.3 is 0 Å². The van der Waals surface area contributed by atoms with Crippen LogP contribution in [0.25, 0.3) is 6.08 Å². The lowest BCUT2D eigenvalue weighted by Gasteiger charge is -2.23. The lowest BCUT2D eigenvalue weighted by Crippen LogP contribution is -2.23. The van der Waals surface area contributed by atoms with E-state index in [9.17, 15) is 14.9 Å². The molecule has 2 aliphatic rings. The first kappa shape index (κ1) is 17.9. The number of rotatable bonds is 2. The molecule has 0 spiro atoms. The summed E-state index contributed by atoms with van der Waals surface area (Å²) in [6.07, 6.45) is 4.73. The van der Waals surface area contributed by atoms with E-state index in [1.807, 2.05) is 19.2 Å². The zero-order valence-corrected chi connectivity index (χ0v) is 15.8. The van der Waals surface area contributed by atoms with Gasteiger partial charge in [-0.15, -0.1) is 0 Å². The summed E-state index contributed by atoms with van der Waals surface area (Å²) in [7, 11) is 1.99. The second-order valence-corrected chi connectivity index (χ2v) is 7.42. The number of allylic oxidation sites excluding steroid dienone is 2. The Kier molecular flexibility index (Phi) is 4.00. The average molecular weight is 373 g/mol. The number of hydrogen-bond acceptors (Lipinski definition) is 5. The number of anilines is 1. The molecule has 0 saturated heterocycles. The SMILES string of the molecule is CN1/C(=C/N=C2C(=O)C=Cc3cc([N+](=O)[O-])ccc32)C(C)(C)c2ccccc21. The van der Waals surface area contributed by atoms with Crippen LogP contribution in [-0.2, 0) is 10.2 Å². The van der Waals surface area contributed by atoms with E-state index in [4.69, 9.17) is 0 Å². The number of para-hydroxylation sites is 1. The third-order valence-corrected chi connectivity index (χ3v) is 5.41. The van der Waals surface area contributed by atoms with Crippen LogP contribution in [-0.4, -0.2) is 23.5 Å². The van der Waals surface area contributed by atoms with Crippen molar-refractivity contribution in [2.45, 2.75) is 19.3 Å². The summed E-state index contributed by atoms with van der Waals surface area (Å²) in [5, 5.41) is 11.0. The van der Waals surface area contributed by atoms with Gasteiger partial charge in [-0.05, 0) is 29.3 Å². The van der Waals surface area contributed by atoms with Crippen molar-refractivity contribution < 1.29 is 9.72 Å². The quantitative estimate of drug-likeness (QED) is 0.582. The highest BCUT2D eigenvalue weighted by Gasteiger charge is 2.38. The molecule has 1 heterocycles. The molecular formula is C22H19N3O3. The Morgan fingerprint density at radius 1 is 1.14 bits per heavy atom. The molecule has 0 atom stereocenters. The lowest BCUT2D eigenvalue weighted by atomic mass is 9.84. The third-order valence-electron chi connectivity index (χ3n) is 5.41. The minimum Gasteiger partial charge on any atom is -0.346 e. The molecule has 6 heteroatoms. The van der Waals surface area contributed by atoms with Gasteiger partial charge in [-0.3, -0.25) is 19.9 Å². The summed E-state index contributed by atoms with van der Waals surface area (Å²) in [5.41, 5.74) is 4.55. The van der Waals surface area contributed by atoms with Gasteiger partial charge < -0.3 is 4.90 Å². The highest BCUT2D eigenvalue weighted by atomic mass is 16.6. The van der Waals surface area contributed by atoms with E-state index in [1.54, 1.807) is 18.3 Å². The van der Waals surface area contributed by atoms with Crippen LogP contribution in [0.5, 0.6) is 0 Å². The Labute approximate surface area is 162 Å². The van der Waals surface area contributed by atoms with Crippen molar-refractivity contribution >= 4 is 28.9 Å². The molecule has 0 amide bonds. The summed E-state index contributed by atoms with van der Waals surface area (Å²) in [6, 6.07) is 12.6. The van der Waals surface area contributed by atoms with Crippen molar-refractivity contribution in [1.82, 2.24) is 0 Å². The minimum absolute atomic E-state index is 0.0115. The van der Waals surface area contributed by atoms with Crippen LogP contribution in [0.15, 0.2) is 65.4 Å². The van der Waals surface area contributed by atoms with E-state index in [0.29, 0.717) is 16.8 Å². The number of carbonyl (C=O) groups excluding carboxylic acids is 1. The molecule has 1 aliphatic heterocycles. The summed E-state index contributed by atoms with van der Waals surface area (Å²) < 4.78 is 0. The largest absolute Gasteiger partial charge is 0.346 e. The molecule has 6 nitrogen and oxygen atoms in total. The molecule has 0 radical (unpaired) electrons. The maximum Gasteiger partial charge on any atom is 0.270 e. The van der Waals surface area contributed by atoms with Crippen molar-refractivity contribution in [3.05, 3.63) is 87.2 Å². The first-order valence-corrected chi connectivity index (χ1v) is 8.93. The molecule has 0 aromatic heterocycles. The predicted molar refractivity (Wildman–Crippen MR) is 110 cm³/mol. The van der Waals surface area contributed by atoms with Gasteiger partial charge in [0.05, 0.1) is 4.92 Å². The maximum absolute atomic E-state index is 12.4. The van der Waals surface area contributed by atoms with Gasteiger partial charge in [0.1, 0.15) is 5.71 Å². The first-order chi connectivity index (χ1) is 13.3. The van der Waals surface area contributed by atoms with E-state index < -0.39 is 4.92 Å². The van der Waals surface area contributed by atoms with Crippen LogP contribution in [0.3, 0.4) is 0 Å². The number of nitrogens with zero attached hydrogens (tertiary/aromatic N) is 3. The number of non-ortho nitro benzene ring substituents is 1. The first-order valence-electron chi connectivity index (χ1n) is 8.93. The molecule has 0 N–H and O–H groups in total. The number of fused-ring (bicyclic) bond motifs is 2. The molecule has 1 aliphatic carbocycles. The summed E-state index contributed by atoms with van der Waals surface area (Å²) in [5.74, 6) is -0.214. The summed E-state index contributed by atoms with van der Waals surface area (Å²) >= 11 is 0. The van der Waals surface area contributed by atoms with Crippen molar-refractivity contribution in [3.8, 4) is 0 Å².